The van der Waals surface area contributed by atoms with Gasteiger partial charge in [-0.25, -0.2) is 9.97 Å². The summed E-state index contributed by atoms with van der Waals surface area (Å²) in [4.78, 5) is 21.5. The molecular weight excluding hydrogens is 266 g/mol. The molecule has 1 aliphatic rings. The second-order valence-electron chi connectivity index (χ2n) is 4.69. The van der Waals surface area contributed by atoms with Gasteiger partial charge in [0.05, 0.1) is 0 Å². The van der Waals surface area contributed by atoms with E-state index in [1.807, 2.05) is 30.3 Å². The molecule has 0 aliphatic carbocycles. The molecule has 0 spiro atoms. The first-order chi connectivity index (χ1) is 10.3. The number of nitrogens with zero attached hydrogens (tertiary/aromatic N) is 4. The number of aromatic nitrogens is 2. The summed E-state index contributed by atoms with van der Waals surface area (Å²) >= 11 is 0. The fraction of sp³-hybridized carbons (Fsp3) is 0.200. The summed E-state index contributed by atoms with van der Waals surface area (Å²) in [6.07, 6.45) is 4.53. The summed E-state index contributed by atoms with van der Waals surface area (Å²) in [6.45, 7) is 0.772. The summed E-state index contributed by atoms with van der Waals surface area (Å²) in [6, 6.07) is 9.47. The Bertz CT molecular complexity index is 705. The van der Waals surface area contributed by atoms with E-state index in [1.165, 1.54) is 12.4 Å². The van der Waals surface area contributed by atoms with Gasteiger partial charge in [-0.2, -0.15) is 5.26 Å². The average Bonchev–Trinajstić information content (AvgIpc) is 2.95. The zero-order chi connectivity index (χ0) is 14.7. The topological polar surface area (TPSA) is 81.9 Å². The fourth-order valence-corrected chi connectivity index (χ4v) is 2.29. The number of nitriles is 1. The molecule has 2 aromatic rings. The summed E-state index contributed by atoms with van der Waals surface area (Å²) in [7, 11) is 0. The van der Waals surface area contributed by atoms with Crippen LogP contribution in [0.2, 0.25) is 0 Å². The van der Waals surface area contributed by atoms with Crippen LogP contribution in [0, 0.1) is 11.3 Å². The Morgan fingerprint density at radius 1 is 1.19 bits per heavy atom. The van der Waals surface area contributed by atoms with E-state index in [1.54, 1.807) is 4.90 Å². The van der Waals surface area contributed by atoms with Crippen molar-refractivity contribution in [1.82, 2.24) is 9.97 Å². The lowest BCUT2D eigenvalue weighted by Gasteiger charge is -2.16. The number of nitrogens with one attached hydrogen (secondary N) is 1. The Morgan fingerprint density at radius 3 is 2.62 bits per heavy atom. The summed E-state index contributed by atoms with van der Waals surface area (Å²) in [5.41, 5.74) is 1.93. The van der Waals surface area contributed by atoms with Gasteiger partial charge in [0.25, 0.3) is 0 Å². The van der Waals surface area contributed by atoms with E-state index in [0.717, 1.165) is 24.3 Å². The first-order valence-electron chi connectivity index (χ1n) is 6.66. The zero-order valence-electron chi connectivity index (χ0n) is 11.3. The highest BCUT2D eigenvalue weighted by Crippen LogP contribution is 2.24. The van der Waals surface area contributed by atoms with E-state index in [-0.39, 0.29) is 11.6 Å². The van der Waals surface area contributed by atoms with Crippen molar-refractivity contribution >= 4 is 23.1 Å². The van der Waals surface area contributed by atoms with Crippen LogP contribution in [0.1, 0.15) is 18.5 Å². The van der Waals surface area contributed by atoms with Crippen LogP contribution < -0.4 is 10.2 Å². The highest BCUT2D eigenvalue weighted by molar-refractivity contribution is 5.95. The maximum atomic E-state index is 11.7. The number of carbonyl (C=O) groups excluding carboxylic acids is 1. The van der Waals surface area contributed by atoms with Crippen molar-refractivity contribution in [3.63, 3.8) is 0 Å². The Balaban J connectivity index is 1.79. The van der Waals surface area contributed by atoms with Crippen molar-refractivity contribution < 1.29 is 4.79 Å². The number of hydrogen-bond acceptors (Lipinski definition) is 5. The first kappa shape index (κ1) is 13.1. The number of benzene rings is 1. The van der Waals surface area contributed by atoms with Crippen LogP contribution in [-0.2, 0) is 4.79 Å². The van der Waals surface area contributed by atoms with Crippen LogP contribution in [0.3, 0.4) is 0 Å². The molecule has 21 heavy (non-hydrogen) atoms. The monoisotopic (exact) mass is 279 g/mol. The van der Waals surface area contributed by atoms with Gasteiger partial charge in [-0.1, -0.05) is 0 Å². The van der Waals surface area contributed by atoms with Gasteiger partial charge in [-0.05, 0) is 30.7 Å². The van der Waals surface area contributed by atoms with E-state index in [9.17, 15) is 4.79 Å². The third kappa shape index (κ3) is 2.67. The lowest BCUT2D eigenvalue weighted by atomic mass is 10.2. The predicted octanol–water partition coefficient (Wildman–Crippen LogP) is 2.22. The van der Waals surface area contributed by atoms with Crippen LogP contribution in [0.15, 0.2) is 36.7 Å². The van der Waals surface area contributed by atoms with Gasteiger partial charge in [0.2, 0.25) is 5.91 Å². The molecule has 1 saturated heterocycles. The van der Waals surface area contributed by atoms with Crippen LogP contribution in [-0.4, -0.2) is 22.4 Å². The van der Waals surface area contributed by atoms with E-state index in [2.05, 4.69) is 15.3 Å². The second-order valence-corrected chi connectivity index (χ2v) is 4.69. The quantitative estimate of drug-likeness (QED) is 0.931. The van der Waals surface area contributed by atoms with E-state index in [4.69, 9.17) is 5.26 Å². The van der Waals surface area contributed by atoms with Gasteiger partial charge in [-0.15, -0.1) is 0 Å². The molecule has 2 heterocycles. The molecule has 3 rings (SSSR count). The van der Waals surface area contributed by atoms with Crippen molar-refractivity contribution in [2.75, 3.05) is 16.8 Å². The number of rotatable bonds is 3. The smallest absolute Gasteiger partial charge is 0.227 e. The lowest BCUT2D eigenvalue weighted by molar-refractivity contribution is -0.117. The molecule has 6 heteroatoms. The molecule has 6 nitrogen and oxygen atoms in total. The van der Waals surface area contributed by atoms with E-state index in [0.29, 0.717) is 12.2 Å². The first-order valence-corrected chi connectivity index (χ1v) is 6.66. The minimum Gasteiger partial charge on any atom is -0.338 e. The van der Waals surface area contributed by atoms with Gasteiger partial charge in [-0.3, -0.25) is 4.79 Å². The second kappa shape index (κ2) is 5.59. The summed E-state index contributed by atoms with van der Waals surface area (Å²) < 4.78 is 0. The molecule has 0 saturated carbocycles. The van der Waals surface area contributed by atoms with E-state index < -0.39 is 0 Å². The summed E-state index contributed by atoms with van der Waals surface area (Å²) in [5.74, 6) is 0.585. The Morgan fingerprint density at radius 2 is 1.95 bits per heavy atom. The molecule has 0 bridgehead atoms. The molecule has 0 atom stereocenters. The molecule has 104 valence electrons. The Hall–Kier alpha value is -2.94. The van der Waals surface area contributed by atoms with Crippen molar-refractivity contribution in [3.8, 4) is 6.07 Å². The van der Waals surface area contributed by atoms with E-state index >= 15 is 0 Å². The van der Waals surface area contributed by atoms with Crippen molar-refractivity contribution in [2.45, 2.75) is 12.8 Å². The minimum atomic E-state index is 0.163. The molecule has 1 aromatic carbocycles. The minimum absolute atomic E-state index is 0.163. The largest absolute Gasteiger partial charge is 0.338 e. The number of hydrogen-bond donors (Lipinski definition) is 1. The molecule has 1 amide bonds. The average molecular weight is 279 g/mol. The highest BCUT2D eigenvalue weighted by atomic mass is 16.2. The Kier molecular flexibility index (Phi) is 3.48. The predicted molar refractivity (Wildman–Crippen MR) is 78.1 cm³/mol. The molecule has 1 N–H and O–H groups in total. The number of carbonyl (C=O) groups is 1. The molecular formula is C15H13N5O. The standard InChI is InChI=1S/C15H13N5O/c16-10-13-15(18-8-7-17-13)19-11-3-5-12(6-4-11)20-9-1-2-14(20)21/h3-8H,1-2,9H2,(H,18,19). The van der Waals surface area contributed by atoms with Gasteiger partial charge in [0.1, 0.15) is 6.07 Å². The SMILES string of the molecule is N#Cc1nccnc1Nc1ccc(N2CCCC2=O)cc1. The fourth-order valence-electron chi connectivity index (χ4n) is 2.29. The van der Waals surface area contributed by atoms with Gasteiger partial charge in [0, 0.05) is 36.7 Å². The maximum absolute atomic E-state index is 11.7. The third-order valence-corrected chi connectivity index (χ3v) is 3.32. The van der Waals surface area contributed by atoms with Gasteiger partial charge < -0.3 is 10.2 Å². The van der Waals surface area contributed by atoms with Crippen molar-refractivity contribution in [2.24, 2.45) is 0 Å². The Labute approximate surface area is 122 Å². The molecule has 1 aliphatic heterocycles. The lowest BCUT2D eigenvalue weighted by Crippen LogP contribution is -2.23. The van der Waals surface area contributed by atoms with Gasteiger partial charge >= 0.3 is 0 Å². The number of amides is 1. The van der Waals surface area contributed by atoms with Crippen LogP contribution in [0.25, 0.3) is 0 Å². The normalized spacial score (nSPS) is 14.0. The van der Waals surface area contributed by atoms with Crippen LogP contribution >= 0.6 is 0 Å². The molecule has 0 radical (unpaired) electrons. The highest BCUT2D eigenvalue weighted by Gasteiger charge is 2.21. The zero-order valence-corrected chi connectivity index (χ0v) is 11.3. The van der Waals surface area contributed by atoms with Crippen LogP contribution in [0.5, 0.6) is 0 Å². The molecule has 1 fully saturated rings. The molecule has 0 unspecified atom stereocenters. The molecule has 1 aromatic heterocycles. The number of anilines is 3. The maximum Gasteiger partial charge on any atom is 0.227 e. The van der Waals surface area contributed by atoms with Crippen molar-refractivity contribution in [3.05, 3.63) is 42.4 Å². The third-order valence-electron chi connectivity index (χ3n) is 3.32. The summed E-state index contributed by atoms with van der Waals surface area (Å²) in [5, 5.41) is 12.0. The van der Waals surface area contributed by atoms with Crippen LogP contribution in [0.4, 0.5) is 17.2 Å². The van der Waals surface area contributed by atoms with Gasteiger partial charge in [0.15, 0.2) is 11.5 Å². The van der Waals surface area contributed by atoms with Crippen molar-refractivity contribution in [1.29, 1.82) is 5.26 Å².